The van der Waals surface area contributed by atoms with Gasteiger partial charge in [-0.05, 0) is 0 Å². The number of nitrogens with two attached hydrogens (primary N) is 1. The molecule has 1 aromatic rings. The summed E-state index contributed by atoms with van der Waals surface area (Å²) in [6.07, 6.45) is 0. The molecule has 0 radical (unpaired) electrons. The largest absolute Gasteiger partial charge is 1.00 e. The Morgan fingerprint density at radius 3 is 2.27 bits per heavy atom. The van der Waals surface area contributed by atoms with Crippen LogP contribution in [-0.4, -0.2) is 5.91 Å². The molecule has 1 amide bonds. The summed E-state index contributed by atoms with van der Waals surface area (Å²) in [6.45, 7) is 0. The van der Waals surface area contributed by atoms with Crippen LogP contribution in [0, 0.1) is 0 Å². The molecule has 0 saturated carbocycles. The van der Waals surface area contributed by atoms with Gasteiger partial charge in [-0.25, -0.2) is 0 Å². The first-order chi connectivity index (χ1) is 4.72. The van der Waals surface area contributed by atoms with Gasteiger partial charge in [0.2, 0.25) is 5.91 Å². The van der Waals surface area contributed by atoms with Crippen LogP contribution in [-0.2, 0) is 0 Å². The molecular formula is C7H6LiNO2. The number of carbonyl (C=O) groups excluding carboxylic acids is 1. The van der Waals surface area contributed by atoms with Crippen molar-refractivity contribution in [3.05, 3.63) is 29.8 Å². The Morgan fingerprint density at radius 2 is 1.91 bits per heavy atom. The van der Waals surface area contributed by atoms with Gasteiger partial charge in [0.25, 0.3) is 0 Å². The van der Waals surface area contributed by atoms with E-state index in [1.165, 1.54) is 12.1 Å². The first kappa shape index (κ1) is 10.1. The minimum atomic E-state index is -0.675. The third kappa shape index (κ3) is 2.30. The molecule has 0 heterocycles. The fourth-order valence-electron chi connectivity index (χ4n) is 0.670. The van der Waals surface area contributed by atoms with Crippen molar-refractivity contribution in [1.29, 1.82) is 0 Å². The summed E-state index contributed by atoms with van der Waals surface area (Å²) >= 11 is 0. The van der Waals surface area contributed by atoms with E-state index in [0.717, 1.165) is 0 Å². The van der Waals surface area contributed by atoms with Gasteiger partial charge in [-0.1, -0.05) is 30.0 Å². The molecule has 0 spiro atoms. The number of benzene rings is 1. The van der Waals surface area contributed by atoms with Crippen molar-refractivity contribution >= 4 is 5.91 Å². The van der Waals surface area contributed by atoms with Gasteiger partial charge < -0.3 is 10.8 Å². The molecule has 0 bridgehead atoms. The number of carbonyl (C=O) groups is 1. The predicted octanol–water partition coefficient (Wildman–Crippen LogP) is -3.14. The second-order valence-corrected chi connectivity index (χ2v) is 1.86. The Labute approximate surface area is 76.4 Å². The van der Waals surface area contributed by atoms with E-state index in [4.69, 9.17) is 5.73 Å². The van der Waals surface area contributed by atoms with Crippen LogP contribution in [0.25, 0.3) is 0 Å². The summed E-state index contributed by atoms with van der Waals surface area (Å²) in [7, 11) is 0. The Balaban J connectivity index is 0.000001000. The van der Waals surface area contributed by atoms with Crippen molar-refractivity contribution < 1.29 is 28.8 Å². The van der Waals surface area contributed by atoms with E-state index >= 15 is 0 Å². The zero-order valence-corrected chi connectivity index (χ0v) is 6.20. The van der Waals surface area contributed by atoms with Gasteiger partial charge in [0.05, 0.1) is 0 Å². The molecule has 1 rings (SSSR count). The standard InChI is InChI=1S/C7H7NO2.Li/c8-7(10)5-3-1-2-4-6(5)9;/h1-4,9H,(H2,8,10);/q;+1/p-1. The molecule has 2 N–H and O–H groups in total. The predicted molar refractivity (Wildman–Crippen MR) is 34.4 cm³/mol. The molecule has 0 aliphatic carbocycles. The van der Waals surface area contributed by atoms with Crippen LogP contribution in [0.1, 0.15) is 10.4 Å². The van der Waals surface area contributed by atoms with Gasteiger partial charge >= 0.3 is 18.9 Å². The molecule has 0 unspecified atom stereocenters. The topological polar surface area (TPSA) is 66.2 Å². The Hall–Kier alpha value is -0.913. The molecule has 0 aliphatic heterocycles. The molecule has 0 atom stereocenters. The van der Waals surface area contributed by atoms with Gasteiger partial charge in [0.15, 0.2) is 0 Å². The van der Waals surface area contributed by atoms with E-state index in [-0.39, 0.29) is 30.2 Å². The van der Waals surface area contributed by atoms with Crippen LogP contribution < -0.4 is 29.7 Å². The van der Waals surface area contributed by atoms with E-state index in [0.29, 0.717) is 0 Å². The molecule has 11 heavy (non-hydrogen) atoms. The van der Waals surface area contributed by atoms with Crippen molar-refractivity contribution in [3.8, 4) is 5.75 Å². The van der Waals surface area contributed by atoms with Crippen molar-refractivity contribution in [1.82, 2.24) is 0 Å². The zero-order chi connectivity index (χ0) is 7.56. The van der Waals surface area contributed by atoms with Gasteiger partial charge in [-0.3, -0.25) is 4.79 Å². The molecule has 0 fully saturated rings. The molecule has 1 aromatic carbocycles. The molecule has 3 nitrogen and oxygen atoms in total. The second kappa shape index (κ2) is 4.07. The number of hydrogen-bond donors (Lipinski definition) is 1. The number of rotatable bonds is 1. The maximum absolute atomic E-state index is 10.8. The van der Waals surface area contributed by atoms with Crippen LogP contribution in [0.4, 0.5) is 0 Å². The minimum absolute atomic E-state index is 0. The average Bonchev–Trinajstić information content (AvgIpc) is 1.88. The van der Waals surface area contributed by atoms with E-state index in [1.54, 1.807) is 12.1 Å². The summed E-state index contributed by atoms with van der Waals surface area (Å²) in [6, 6.07) is 5.88. The van der Waals surface area contributed by atoms with Crippen LogP contribution in [0.2, 0.25) is 0 Å². The smallest absolute Gasteiger partial charge is 0.872 e. The maximum atomic E-state index is 10.8. The fraction of sp³-hybridized carbons (Fsp3) is 0. The Morgan fingerprint density at radius 1 is 1.36 bits per heavy atom. The number of amides is 1. The van der Waals surface area contributed by atoms with Crippen molar-refractivity contribution in [2.75, 3.05) is 0 Å². The summed E-state index contributed by atoms with van der Waals surface area (Å²) in [5.74, 6) is -0.999. The molecule has 52 valence electrons. The third-order valence-electron chi connectivity index (χ3n) is 1.15. The van der Waals surface area contributed by atoms with E-state index in [1.807, 2.05) is 0 Å². The quantitative estimate of drug-likeness (QED) is 0.422. The third-order valence-corrected chi connectivity index (χ3v) is 1.15. The van der Waals surface area contributed by atoms with Gasteiger partial charge in [0.1, 0.15) is 0 Å². The molecule has 4 heteroatoms. The van der Waals surface area contributed by atoms with Gasteiger partial charge in [-0.15, -0.1) is 0 Å². The Kier molecular flexibility index (Phi) is 3.73. The maximum Gasteiger partial charge on any atom is 1.00 e. The monoisotopic (exact) mass is 143 g/mol. The number of primary amides is 1. The summed E-state index contributed by atoms with van der Waals surface area (Å²) < 4.78 is 0. The second-order valence-electron chi connectivity index (χ2n) is 1.86. The van der Waals surface area contributed by atoms with Crippen LogP contribution >= 0.6 is 0 Å². The number of para-hydroxylation sites is 1. The zero-order valence-electron chi connectivity index (χ0n) is 6.20. The fourth-order valence-corrected chi connectivity index (χ4v) is 0.670. The molecular weight excluding hydrogens is 137 g/mol. The van der Waals surface area contributed by atoms with Crippen molar-refractivity contribution in [2.24, 2.45) is 5.73 Å². The first-order valence-corrected chi connectivity index (χ1v) is 2.77. The molecule has 0 aliphatic rings. The number of hydrogen-bond acceptors (Lipinski definition) is 2. The summed E-state index contributed by atoms with van der Waals surface area (Å²) in [5, 5.41) is 10.8. The minimum Gasteiger partial charge on any atom is -0.872 e. The first-order valence-electron chi connectivity index (χ1n) is 2.77. The van der Waals surface area contributed by atoms with Crippen LogP contribution in [0.3, 0.4) is 0 Å². The molecule has 0 saturated heterocycles. The van der Waals surface area contributed by atoms with Gasteiger partial charge in [0, 0.05) is 5.56 Å². The Bertz CT molecular complexity index is 262. The normalized spacial score (nSPS) is 8.36. The van der Waals surface area contributed by atoms with Gasteiger partial charge in [-0.2, -0.15) is 0 Å². The summed E-state index contributed by atoms with van der Waals surface area (Å²) in [5.41, 5.74) is 4.92. The summed E-state index contributed by atoms with van der Waals surface area (Å²) in [4.78, 5) is 10.4. The average molecular weight is 143 g/mol. The van der Waals surface area contributed by atoms with E-state index in [9.17, 15) is 9.90 Å². The van der Waals surface area contributed by atoms with Crippen LogP contribution in [0.5, 0.6) is 5.75 Å². The van der Waals surface area contributed by atoms with Crippen molar-refractivity contribution in [3.63, 3.8) is 0 Å². The van der Waals surface area contributed by atoms with Crippen LogP contribution in [0.15, 0.2) is 24.3 Å². The van der Waals surface area contributed by atoms with E-state index in [2.05, 4.69) is 0 Å². The molecule has 0 aromatic heterocycles. The van der Waals surface area contributed by atoms with Crippen molar-refractivity contribution in [2.45, 2.75) is 0 Å². The SMILES string of the molecule is NC(=O)c1ccccc1[O-].[Li+]. The van der Waals surface area contributed by atoms with E-state index < -0.39 is 5.91 Å².